The van der Waals surface area contributed by atoms with Crippen LogP contribution in [0.2, 0.25) is 0 Å². The van der Waals surface area contributed by atoms with Crippen molar-refractivity contribution in [1.29, 1.82) is 0 Å². The van der Waals surface area contributed by atoms with Gasteiger partial charge in [-0.1, -0.05) is 36.8 Å². The van der Waals surface area contributed by atoms with E-state index in [1.165, 1.54) is 11.3 Å². The van der Waals surface area contributed by atoms with Gasteiger partial charge in [0.05, 0.1) is 17.0 Å². The number of ether oxygens (including phenoxy) is 1. The number of piperidine rings is 1. The van der Waals surface area contributed by atoms with Gasteiger partial charge in [-0.2, -0.15) is 4.31 Å². The van der Waals surface area contributed by atoms with Crippen molar-refractivity contribution in [2.24, 2.45) is 0 Å². The molecule has 8 heteroatoms. The number of sulfonamides is 1. The number of carbonyl (C=O) groups is 1. The maximum absolute atomic E-state index is 12.8. The van der Waals surface area contributed by atoms with Crippen LogP contribution in [0.4, 0.5) is 0 Å². The first kappa shape index (κ1) is 22.6. The highest BCUT2D eigenvalue weighted by atomic mass is 32.2. The lowest BCUT2D eigenvalue weighted by Gasteiger charge is -2.25. The van der Waals surface area contributed by atoms with Crippen LogP contribution in [0.5, 0.6) is 5.75 Å². The van der Waals surface area contributed by atoms with E-state index in [1.54, 1.807) is 28.6 Å². The normalized spacial score (nSPS) is 14.9. The Labute approximate surface area is 192 Å². The van der Waals surface area contributed by atoms with E-state index in [2.05, 4.69) is 4.98 Å². The number of thiazole rings is 1. The zero-order valence-electron chi connectivity index (χ0n) is 18.0. The molecule has 0 aliphatic carbocycles. The average molecular weight is 471 g/mol. The molecule has 1 aromatic heterocycles. The van der Waals surface area contributed by atoms with E-state index in [0.717, 1.165) is 36.1 Å². The van der Waals surface area contributed by atoms with E-state index >= 15 is 0 Å². The minimum absolute atomic E-state index is 0.00280. The number of carbonyl (C=O) groups excluding carboxylic acids is 1. The van der Waals surface area contributed by atoms with Gasteiger partial charge in [0.2, 0.25) is 10.0 Å². The SMILES string of the molecule is Cc1ccccc1OCC(=O)Cc1nc(-c2ccc(S(=O)(=O)N3CCCCC3)cc2)cs1. The van der Waals surface area contributed by atoms with Crippen molar-refractivity contribution in [1.82, 2.24) is 9.29 Å². The van der Waals surface area contributed by atoms with Crippen molar-refractivity contribution in [2.75, 3.05) is 19.7 Å². The number of rotatable bonds is 8. The Kier molecular flexibility index (Phi) is 7.03. The molecular formula is C24H26N2O4S2. The Bertz CT molecular complexity index is 1180. The highest BCUT2D eigenvalue weighted by molar-refractivity contribution is 7.89. The van der Waals surface area contributed by atoms with Crippen molar-refractivity contribution in [3.05, 3.63) is 64.5 Å². The molecule has 2 aromatic carbocycles. The van der Waals surface area contributed by atoms with Gasteiger partial charge in [-0.15, -0.1) is 11.3 Å². The monoisotopic (exact) mass is 470 g/mol. The number of para-hydroxylation sites is 1. The topological polar surface area (TPSA) is 76.6 Å². The molecule has 1 fully saturated rings. The van der Waals surface area contributed by atoms with Crippen LogP contribution in [0.3, 0.4) is 0 Å². The minimum Gasteiger partial charge on any atom is -0.486 e. The molecule has 1 aliphatic heterocycles. The molecule has 3 aromatic rings. The first-order valence-electron chi connectivity index (χ1n) is 10.7. The molecule has 32 heavy (non-hydrogen) atoms. The first-order valence-corrected chi connectivity index (χ1v) is 13.0. The largest absolute Gasteiger partial charge is 0.486 e. The van der Waals surface area contributed by atoms with Crippen molar-refractivity contribution >= 4 is 27.1 Å². The molecule has 0 N–H and O–H groups in total. The van der Waals surface area contributed by atoms with Gasteiger partial charge in [0.15, 0.2) is 5.78 Å². The third-order valence-corrected chi connectivity index (χ3v) is 8.25. The molecule has 0 bridgehead atoms. The van der Waals surface area contributed by atoms with Crippen molar-refractivity contribution < 1.29 is 17.9 Å². The van der Waals surface area contributed by atoms with Crippen LogP contribution < -0.4 is 4.74 Å². The Morgan fingerprint density at radius 3 is 2.50 bits per heavy atom. The number of nitrogens with zero attached hydrogens (tertiary/aromatic N) is 2. The van der Waals surface area contributed by atoms with Gasteiger partial charge < -0.3 is 4.74 Å². The molecule has 0 saturated carbocycles. The highest BCUT2D eigenvalue weighted by Gasteiger charge is 2.25. The maximum Gasteiger partial charge on any atom is 0.243 e. The predicted octanol–water partition coefficient (Wildman–Crippen LogP) is 4.48. The van der Waals surface area contributed by atoms with Gasteiger partial charge >= 0.3 is 0 Å². The molecule has 0 atom stereocenters. The van der Waals surface area contributed by atoms with Gasteiger partial charge in [-0.25, -0.2) is 13.4 Å². The quantitative estimate of drug-likeness (QED) is 0.485. The molecule has 6 nitrogen and oxygen atoms in total. The highest BCUT2D eigenvalue weighted by Crippen LogP contribution is 2.26. The van der Waals surface area contributed by atoms with Gasteiger partial charge in [0.25, 0.3) is 0 Å². The molecular weight excluding hydrogens is 444 g/mol. The van der Waals surface area contributed by atoms with Gasteiger partial charge in [0.1, 0.15) is 17.4 Å². The van der Waals surface area contributed by atoms with Crippen molar-refractivity contribution in [3.8, 4) is 17.0 Å². The molecule has 0 spiro atoms. The number of ketones is 1. The summed E-state index contributed by atoms with van der Waals surface area (Å²) in [5.74, 6) is 0.664. The Morgan fingerprint density at radius 1 is 1.06 bits per heavy atom. The van der Waals surface area contributed by atoms with Crippen LogP contribution >= 0.6 is 11.3 Å². The van der Waals surface area contributed by atoms with Crippen molar-refractivity contribution in [3.63, 3.8) is 0 Å². The van der Waals surface area contributed by atoms with E-state index in [0.29, 0.717) is 28.7 Å². The molecule has 0 radical (unpaired) electrons. The first-order chi connectivity index (χ1) is 15.4. The number of aromatic nitrogens is 1. The number of aryl methyl sites for hydroxylation is 1. The second-order valence-electron chi connectivity index (χ2n) is 7.89. The van der Waals surface area contributed by atoms with E-state index in [4.69, 9.17) is 4.74 Å². The zero-order valence-corrected chi connectivity index (χ0v) is 19.6. The molecule has 2 heterocycles. The summed E-state index contributed by atoms with van der Waals surface area (Å²) in [5.41, 5.74) is 2.55. The van der Waals surface area contributed by atoms with E-state index in [9.17, 15) is 13.2 Å². The fourth-order valence-corrected chi connectivity index (χ4v) is 6.02. The van der Waals surface area contributed by atoms with Crippen molar-refractivity contribution in [2.45, 2.75) is 37.5 Å². The molecule has 1 aliphatic rings. The molecule has 0 amide bonds. The molecule has 1 saturated heterocycles. The fraction of sp³-hybridized carbons (Fsp3) is 0.333. The Hall–Kier alpha value is -2.55. The number of benzene rings is 2. The smallest absolute Gasteiger partial charge is 0.243 e. The van der Waals surface area contributed by atoms with E-state index < -0.39 is 10.0 Å². The van der Waals surface area contributed by atoms with Gasteiger partial charge in [0, 0.05) is 24.0 Å². The minimum atomic E-state index is -3.45. The zero-order chi connectivity index (χ0) is 22.6. The molecule has 4 rings (SSSR count). The summed E-state index contributed by atoms with van der Waals surface area (Å²) in [6.07, 6.45) is 3.11. The Balaban J connectivity index is 1.38. The van der Waals surface area contributed by atoms with Crippen LogP contribution in [-0.4, -0.2) is 43.2 Å². The van der Waals surface area contributed by atoms with E-state index in [1.807, 2.05) is 36.6 Å². The second kappa shape index (κ2) is 9.94. The third-order valence-electron chi connectivity index (χ3n) is 5.49. The number of hydrogen-bond donors (Lipinski definition) is 0. The summed E-state index contributed by atoms with van der Waals surface area (Å²) in [4.78, 5) is 17.2. The molecule has 0 unspecified atom stereocenters. The lowest BCUT2D eigenvalue weighted by atomic mass is 10.2. The van der Waals surface area contributed by atoms with E-state index in [-0.39, 0.29) is 18.8 Å². The predicted molar refractivity (Wildman–Crippen MR) is 126 cm³/mol. The summed E-state index contributed by atoms with van der Waals surface area (Å²) in [6.45, 7) is 3.11. The second-order valence-corrected chi connectivity index (χ2v) is 10.8. The summed E-state index contributed by atoms with van der Waals surface area (Å²) in [7, 11) is -3.45. The van der Waals surface area contributed by atoms with Crippen LogP contribution in [0, 0.1) is 6.92 Å². The summed E-state index contributed by atoms with van der Waals surface area (Å²) >= 11 is 1.42. The van der Waals surface area contributed by atoms with Crippen LogP contribution in [0.15, 0.2) is 58.8 Å². The number of hydrogen-bond acceptors (Lipinski definition) is 6. The average Bonchev–Trinajstić information content (AvgIpc) is 3.27. The van der Waals surface area contributed by atoms with Crippen LogP contribution in [-0.2, 0) is 21.2 Å². The standard InChI is InChI=1S/C24H26N2O4S2/c1-18-7-3-4-8-23(18)30-16-20(27)15-24-25-22(17-31-24)19-9-11-21(12-10-19)32(28,29)26-13-5-2-6-14-26/h3-4,7-12,17H,2,5-6,13-16H2,1H3. The fourth-order valence-electron chi connectivity index (χ4n) is 3.67. The third kappa shape index (κ3) is 5.26. The summed E-state index contributed by atoms with van der Waals surface area (Å²) in [5, 5.41) is 2.60. The number of Topliss-reactive ketones (excluding diaryl/α,β-unsaturated/α-hetero) is 1. The maximum atomic E-state index is 12.8. The van der Waals surface area contributed by atoms with Gasteiger partial charge in [-0.3, -0.25) is 4.79 Å². The lowest BCUT2D eigenvalue weighted by molar-refractivity contribution is -0.120. The van der Waals surface area contributed by atoms with Gasteiger partial charge in [-0.05, 0) is 43.5 Å². The summed E-state index contributed by atoms with van der Waals surface area (Å²) < 4.78 is 32.8. The molecule has 168 valence electrons. The van der Waals surface area contributed by atoms with Crippen LogP contribution in [0.1, 0.15) is 29.8 Å². The lowest BCUT2D eigenvalue weighted by Crippen LogP contribution is -2.35. The van der Waals surface area contributed by atoms with Crippen LogP contribution in [0.25, 0.3) is 11.3 Å². The summed E-state index contributed by atoms with van der Waals surface area (Å²) in [6, 6.07) is 14.4. The Morgan fingerprint density at radius 2 is 1.78 bits per heavy atom.